The SMILES string of the molecule is C.C.N=C(N)CCCN(Cc1nc2ccccc2[nH]1)C1CCCc2cccnc21. The Hall–Kier alpha value is -2.73. The Morgan fingerprint density at radius 2 is 2.03 bits per heavy atom. The molecule has 1 aromatic carbocycles. The second-order valence-corrected chi connectivity index (χ2v) is 7.26. The average Bonchev–Trinajstić information content (AvgIpc) is 3.09. The first-order chi connectivity index (χ1) is 13.2. The van der Waals surface area contributed by atoms with Crippen molar-refractivity contribution in [3.8, 4) is 0 Å². The molecule has 0 saturated heterocycles. The molecular weight excluding hydrogens is 360 g/mol. The Morgan fingerprint density at radius 3 is 2.83 bits per heavy atom. The van der Waals surface area contributed by atoms with Crippen LogP contribution >= 0.6 is 0 Å². The molecular formula is C23H34N6. The Labute approximate surface area is 174 Å². The first kappa shape index (κ1) is 22.6. The van der Waals surface area contributed by atoms with Crippen LogP contribution in [0.2, 0.25) is 0 Å². The minimum atomic E-state index is 0. The quantitative estimate of drug-likeness (QED) is 0.395. The Kier molecular flexibility index (Phi) is 7.91. The summed E-state index contributed by atoms with van der Waals surface area (Å²) in [7, 11) is 0. The number of aryl methyl sites for hydroxylation is 1. The lowest BCUT2D eigenvalue weighted by atomic mass is 9.90. The molecule has 29 heavy (non-hydrogen) atoms. The third-order valence-electron chi connectivity index (χ3n) is 5.29. The molecule has 0 saturated carbocycles. The zero-order chi connectivity index (χ0) is 18.6. The van der Waals surface area contributed by atoms with Crippen molar-refractivity contribution in [1.82, 2.24) is 19.9 Å². The van der Waals surface area contributed by atoms with Crippen molar-refractivity contribution >= 4 is 16.9 Å². The van der Waals surface area contributed by atoms with Crippen molar-refractivity contribution < 1.29 is 0 Å². The number of benzene rings is 1. The molecule has 0 amide bonds. The van der Waals surface area contributed by atoms with Crippen molar-refractivity contribution in [2.45, 2.75) is 59.5 Å². The van der Waals surface area contributed by atoms with Crippen LogP contribution in [-0.2, 0) is 13.0 Å². The van der Waals surface area contributed by atoms with E-state index in [4.69, 9.17) is 21.1 Å². The molecule has 0 spiro atoms. The van der Waals surface area contributed by atoms with Gasteiger partial charge in [0, 0.05) is 12.6 Å². The van der Waals surface area contributed by atoms with Crippen LogP contribution < -0.4 is 5.73 Å². The zero-order valence-corrected chi connectivity index (χ0v) is 15.5. The third-order valence-corrected chi connectivity index (χ3v) is 5.29. The molecule has 1 aliphatic rings. The monoisotopic (exact) mass is 394 g/mol. The van der Waals surface area contributed by atoms with E-state index in [1.165, 1.54) is 17.7 Å². The van der Waals surface area contributed by atoms with Gasteiger partial charge < -0.3 is 10.7 Å². The van der Waals surface area contributed by atoms with E-state index in [1.807, 2.05) is 30.5 Å². The van der Waals surface area contributed by atoms with Gasteiger partial charge in [0.1, 0.15) is 5.82 Å². The van der Waals surface area contributed by atoms with Crippen LogP contribution in [0, 0.1) is 5.41 Å². The number of aromatic amines is 1. The summed E-state index contributed by atoms with van der Waals surface area (Å²) in [6.45, 7) is 1.62. The van der Waals surface area contributed by atoms with Gasteiger partial charge >= 0.3 is 0 Å². The number of nitrogens with zero attached hydrogens (tertiary/aromatic N) is 3. The molecule has 4 rings (SSSR count). The highest BCUT2D eigenvalue weighted by Crippen LogP contribution is 2.33. The Bertz CT molecular complexity index is 899. The lowest BCUT2D eigenvalue weighted by Crippen LogP contribution is -2.33. The van der Waals surface area contributed by atoms with Gasteiger partial charge in [-0.05, 0) is 56.0 Å². The molecule has 0 radical (unpaired) electrons. The molecule has 2 aromatic heterocycles. The summed E-state index contributed by atoms with van der Waals surface area (Å²) in [6.07, 6.45) is 6.77. The summed E-state index contributed by atoms with van der Waals surface area (Å²) in [6, 6.07) is 12.6. The van der Waals surface area contributed by atoms with Crippen LogP contribution in [0.3, 0.4) is 0 Å². The predicted molar refractivity (Wildman–Crippen MR) is 121 cm³/mol. The van der Waals surface area contributed by atoms with Gasteiger partial charge in [0.05, 0.1) is 35.1 Å². The third kappa shape index (κ3) is 5.21. The molecule has 2 heterocycles. The maximum atomic E-state index is 7.52. The molecule has 6 heteroatoms. The van der Waals surface area contributed by atoms with E-state index in [0.29, 0.717) is 6.42 Å². The van der Waals surface area contributed by atoms with Crippen molar-refractivity contribution in [2.75, 3.05) is 6.54 Å². The summed E-state index contributed by atoms with van der Waals surface area (Å²) in [5, 5.41) is 7.52. The van der Waals surface area contributed by atoms with Crippen LogP contribution in [0.25, 0.3) is 11.0 Å². The van der Waals surface area contributed by atoms with E-state index in [-0.39, 0.29) is 26.7 Å². The molecule has 3 aromatic rings. The first-order valence-electron chi connectivity index (χ1n) is 9.65. The Morgan fingerprint density at radius 1 is 1.21 bits per heavy atom. The largest absolute Gasteiger partial charge is 0.388 e. The number of fused-ring (bicyclic) bond motifs is 2. The maximum absolute atomic E-state index is 7.52. The van der Waals surface area contributed by atoms with Gasteiger partial charge in [0.15, 0.2) is 0 Å². The topological polar surface area (TPSA) is 94.7 Å². The molecule has 4 N–H and O–H groups in total. The second-order valence-electron chi connectivity index (χ2n) is 7.26. The smallest absolute Gasteiger partial charge is 0.121 e. The van der Waals surface area contributed by atoms with Gasteiger partial charge in [-0.3, -0.25) is 15.3 Å². The lowest BCUT2D eigenvalue weighted by Gasteiger charge is -2.34. The summed E-state index contributed by atoms with van der Waals surface area (Å²) in [4.78, 5) is 15.4. The van der Waals surface area contributed by atoms with E-state index in [1.54, 1.807) is 0 Å². The average molecular weight is 395 g/mol. The summed E-state index contributed by atoms with van der Waals surface area (Å²) in [5.41, 5.74) is 10.2. The molecule has 1 unspecified atom stereocenters. The standard InChI is InChI=1S/C21H26N6.2CH4/c22-19(23)11-5-13-27(14-20-25-16-8-1-2-9-17(16)26-20)18-10-3-6-15-7-4-12-24-21(15)18;;/h1-2,4,7-9,12,18H,3,5-6,10-11,13-14H2,(H3,22,23)(H,25,26);2*1H4. The summed E-state index contributed by atoms with van der Waals surface area (Å²) in [5.74, 6) is 1.22. The molecule has 0 fully saturated rings. The fourth-order valence-electron chi connectivity index (χ4n) is 4.03. The molecule has 0 aliphatic heterocycles. The minimum absolute atomic E-state index is 0. The number of nitrogens with one attached hydrogen (secondary N) is 2. The van der Waals surface area contributed by atoms with Gasteiger partial charge in [-0.25, -0.2) is 4.98 Å². The molecule has 0 bridgehead atoms. The number of imidazole rings is 1. The highest BCUT2D eigenvalue weighted by atomic mass is 15.2. The van der Waals surface area contributed by atoms with Gasteiger partial charge in [-0.15, -0.1) is 0 Å². The fourth-order valence-corrected chi connectivity index (χ4v) is 4.03. The van der Waals surface area contributed by atoms with Crippen molar-refractivity contribution in [1.29, 1.82) is 5.41 Å². The highest BCUT2D eigenvalue weighted by molar-refractivity contribution is 5.76. The van der Waals surface area contributed by atoms with Crippen LogP contribution in [0.4, 0.5) is 0 Å². The number of pyridine rings is 1. The number of H-pyrrole nitrogens is 1. The summed E-state index contributed by atoms with van der Waals surface area (Å²) < 4.78 is 0. The predicted octanol–water partition coefficient (Wildman–Crippen LogP) is 4.83. The van der Waals surface area contributed by atoms with Gasteiger partial charge in [0.2, 0.25) is 0 Å². The first-order valence-corrected chi connectivity index (χ1v) is 9.65. The summed E-state index contributed by atoms with van der Waals surface area (Å²) >= 11 is 0. The number of nitrogens with two attached hydrogens (primary N) is 1. The van der Waals surface area contributed by atoms with Crippen LogP contribution in [0.15, 0.2) is 42.6 Å². The van der Waals surface area contributed by atoms with Gasteiger partial charge in [0.25, 0.3) is 0 Å². The Balaban J connectivity index is 0.00000150. The van der Waals surface area contributed by atoms with Crippen LogP contribution in [0.1, 0.15) is 63.7 Å². The normalized spacial score (nSPS) is 15.4. The number of hydrogen-bond donors (Lipinski definition) is 3. The molecule has 1 aliphatic carbocycles. The highest BCUT2D eigenvalue weighted by Gasteiger charge is 2.27. The van der Waals surface area contributed by atoms with E-state index >= 15 is 0 Å². The number of aromatic nitrogens is 3. The number of amidine groups is 1. The van der Waals surface area contributed by atoms with Gasteiger partial charge in [-0.1, -0.05) is 33.1 Å². The zero-order valence-electron chi connectivity index (χ0n) is 15.5. The van der Waals surface area contributed by atoms with Crippen LogP contribution in [0.5, 0.6) is 0 Å². The van der Waals surface area contributed by atoms with E-state index in [2.05, 4.69) is 22.0 Å². The van der Waals surface area contributed by atoms with E-state index in [9.17, 15) is 0 Å². The van der Waals surface area contributed by atoms with Crippen molar-refractivity contribution in [2.24, 2.45) is 5.73 Å². The number of hydrogen-bond acceptors (Lipinski definition) is 4. The fraction of sp³-hybridized carbons (Fsp3) is 0.435. The lowest BCUT2D eigenvalue weighted by molar-refractivity contribution is 0.161. The van der Waals surface area contributed by atoms with E-state index in [0.717, 1.165) is 49.2 Å². The van der Waals surface area contributed by atoms with Crippen molar-refractivity contribution in [3.05, 3.63) is 59.7 Å². The molecule has 6 nitrogen and oxygen atoms in total. The second kappa shape index (κ2) is 10.2. The number of rotatable bonds is 7. The van der Waals surface area contributed by atoms with Crippen molar-refractivity contribution in [3.63, 3.8) is 0 Å². The van der Waals surface area contributed by atoms with Crippen LogP contribution in [-0.4, -0.2) is 32.2 Å². The van der Waals surface area contributed by atoms with Gasteiger partial charge in [-0.2, -0.15) is 0 Å². The minimum Gasteiger partial charge on any atom is -0.388 e. The maximum Gasteiger partial charge on any atom is 0.121 e. The number of para-hydroxylation sites is 2. The molecule has 1 atom stereocenters. The molecule has 156 valence electrons. The van der Waals surface area contributed by atoms with E-state index < -0.39 is 0 Å².